The van der Waals surface area contributed by atoms with Crippen LogP contribution in [0.5, 0.6) is 17.2 Å². The van der Waals surface area contributed by atoms with Crippen molar-refractivity contribution in [3.05, 3.63) is 47.0 Å². The van der Waals surface area contributed by atoms with E-state index in [1.807, 2.05) is 39.0 Å². The largest absolute Gasteiger partial charge is 0.486 e. The first-order chi connectivity index (χ1) is 13.4. The lowest BCUT2D eigenvalue weighted by Gasteiger charge is -2.22. The van der Waals surface area contributed by atoms with E-state index >= 15 is 0 Å². The maximum Gasteiger partial charge on any atom is 0.316 e. The monoisotopic (exact) mass is 381 g/mol. The number of anilines is 1. The lowest BCUT2D eigenvalue weighted by molar-refractivity contribution is -0.139. The number of hydrogen-bond donors (Lipinski definition) is 0. The Kier molecular flexibility index (Phi) is 4.71. The average molecular weight is 381 g/mol. The number of rotatable bonds is 3. The van der Waals surface area contributed by atoms with Gasteiger partial charge in [-0.05, 0) is 49.6 Å². The quantitative estimate of drug-likeness (QED) is 0.603. The van der Waals surface area contributed by atoms with Gasteiger partial charge in [0.15, 0.2) is 11.5 Å². The molecule has 0 bridgehead atoms. The molecule has 1 saturated heterocycles. The van der Waals surface area contributed by atoms with E-state index in [0.717, 1.165) is 16.7 Å². The van der Waals surface area contributed by atoms with Gasteiger partial charge in [-0.2, -0.15) is 0 Å². The fourth-order valence-corrected chi connectivity index (χ4v) is 3.58. The molecule has 0 radical (unpaired) electrons. The van der Waals surface area contributed by atoms with Gasteiger partial charge in [-0.15, -0.1) is 0 Å². The van der Waals surface area contributed by atoms with E-state index in [0.29, 0.717) is 42.7 Å². The molecule has 0 aromatic heterocycles. The first-order valence-electron chi connectivity index (χ1n) is 9.42. The van der Waals surface area contributed by atoms with Gasteiger partial charge < -0.3 is 19.1 Å². The van der Waals surface area contributed by atoms with Crippen molar-refractivity contribution < 1.29 is 23.8 Å². The molecule has 0 spiro atoms. The Morgan fingerprint density at radius 3 is 2.54 bits per heavy atom. The summed E-state index contributed by atoms with van der Waals surface area (Å²) in [5.74, 6) is 0.910. The zero-order valence-electron chi connectivity index (χ0n) is 16.3. The van der Waals surface area contributed by atoms with Crippen LogP contribution in [-0.2, 0) is 9.59 Å². The van der Waals surface area contributed by atoms with Crippen molar-refractivity contribution in [3.8, 4) is 17.2 Å². The number of ether oxygens (including phenoxy) is 3. The number of fused-ring (bicyclic) bond motifs is 1. The van der Waals surface area contributed by atoms with Gasteiger partial charge in [0.1, 0.15) is 19.0 Å². The zero-order chi connectivity index (χ0) is 19.8. The number of hydrogen-bond acceptors (Lipinski definition) is 5. The molecule has 0 aliphatic carbocycles. The molecule has 1 atom stereocenters. The predicted molar refractivity (Wildman–Crippen MR) is 104 cm³/mol. The Labute approximate surface area is 164 Å². The van der Waals surface area contributed by atoms with Crippen LogP contribution in [0.2, 0.25) is 0 Å². The summed E-state index contributed by atoms with van der Waals surface area (Å²) in [5, 5.41) is 0. The van der Waals surface area contributed by atoms with Gasteiger partial charge in [-0.25, -0.2) is 0 Å². The van der Waals surface area contributed by atoms with Crippen LogP contribution >= 0.6 is 0 Å². The smallest absolute Gasteiger partial charge is 0.316 e. The summed E-state index contributed by atoms with van der Waals surface area (Å²) in [4.78, 5) is 26.9. The van der Waals surface area contributed by atoms with Crippen LogP contribution in [0.3, 0.4) is 0 Å². The first kappa shape index (κ1) is 18.3. The maximum absolute atomic E-state index is 12.7. The molecule has 6 heteroatoms. The molecular formula is C22H23NO5. The second-order valence-corrected chi connectivity index (χ2v) is 7.31. The molecule has 2 heterocycles. The predicted octanol–water partition coefficient (Wildman–Crippen LogP) is 3.34. The van der Waals surface area contributed by atoms with Crippen molar-refractivity contribution in [1.82, 2.24) is 0 Å². The van der Waals surface area contributed by atoms with Crippen LogP contribution < -0.4 is 19.1 Å². The fourth-order valence-electron chi connectivity index (χ4n) is 3.58. The number of benzene rings is 2. The SMILES string of the molecule is Cc1ccc(C)c(OC(=O)[C@@H]2CC(=O)N(c3ccc4c(c3)OCCO4)C2)c1C. The number of nitrogens with zero attached hydrogens (tertiary/aromatic N) is 1. The molecule has 2 aliphatic rings. The number of aryl methyl sites for hydroxylation is 2. The van der Waals surface area contributed by atoms with Crippen molar-refractivity contribution in [3.63, 3.8) is 0 Å². The third-order valence-electron chi connectivity index (χ3n) is 5.37. The molecule has 28 heavy (non-hydrogen) atoms. The highest BCUT2D eigenvalue weighted by Crippen LogP contribution is 2.36. The molecule has 1 fully saturated rings. The Morgan fingerprint density at radius 1 is 1.04 bits per heavy atom. The molecule has 2 aromatic rings. The van der Waals surface area contributed by atoms with Crippen LogP contribution in [0.15, 0.2) is 30.3 Å². The zero-order valence-corrected chi connectivity index (χ0v) is 16.3. The van der Waals surface area contributed by atoms with Gasteiger partial charge in [-0.1, -0.05) is 12.1 Å². The summed E-state index contributed by atoms with van der Waals surface area (Å²) in [6.45, 7) is 7.12. The van der Waals surface area contributed by atoms with Crippen LogP contribution in [0.1, 0.15) is 23.1 Å². The molecular weight excluding hydrogens is 358 g/mol. The molecule has 146 valence electrons. The van der Waals surface area contributed by atoms with Crippen molar-refractivity contribution in [2.24, 2.45) is 5.92 Å². The summed E-state index contributed by atoms with van der Waals surface area (Å²) in [5.41, 5.74) is 3.62. The first-order valence-corrected chi connectivity index (χ1v) is 9.42. The summed E-state index contributed by atoms with van der Waals surface area (Å²) < 4.78 is 16.8. The van der Waals surface area contributed by atoms with Crippen LogP contribution in [0, 0.1) is 26.7 Å². The van der Waals surface area contributed by atoms with E-state index in [4.69, 9.17) is 14.2 Å². The lowest BCUT2D eigenvalue weighted by Crippen LogP contribution is -2.27. The lowest BCUT2D eigenvalue weighted by atomic mass is 10.0. The maximum atomic E-state index is 12.7. The van der Waals surface area contributed by atoms with Crippen molar-refractivity contribution in [1.29, 1.82) is 0 Å². The number of amides is 1. The van der Waals surface area contributed by atoms with E-state index < -0.39 is 5.92 Å². The van der Waals surface area contributed by atoms with Crippen LogP contribution in [0.25, 0.3) is 0 Å². The minimum Gasteiger partial charge on any atom is -0.486 e. The second kappa shape index (κ2) is 7.19. The minimum absolute atomic E-state index is 0.101. The van der Waals surface area contributed by atoms with Crippen LogP contribution in [0.4, 0.5) is 5.69 Å². The molecule has 0 saturated carbocycles. The normalized spacial score (nSPS) is 18.3. The third-order valence-corrected chi connectivity index (χ3v) is 5.37. The topological polar surface area (TPSA) is 65.1 Å². The Morgan fingerprint density at radius 2 is 1.75 bits per heavy atom. The van der Waals surface area contributed by atoms with E-state index in [2.05, 4.69) is 0 Å². The highest BCUT2D eigenvalue weighted by molar-refractivity contribution is 6.00. The third kappa shape index (κ3) is 3.30. The second-order valence-electron chi connectivity index (χ2n) is 7.31. The average Bonchev–Trinajstić information content (AvgIpc) is 3.09. The summed E-state index contributed by atoms with van der Waals surface area (Å²) in [6.07, 6.45) is 0.136. The molecule has 4 rings (SSSR count). The van der Waals surface area contributed by atoms with Gasteiger partial charge in [0.05, 0.1) is 5.92 Å². The highest BCUT2D eigenvalue weighted by Gasteiger charge is 2.37. The number of carbonyl (C=O) groups is 2. The molecule has 0 N–H and O–H groups in total. The summed E-state index contributed by atoms with van der Waals surface area (Å²) in [7, 11) is 0. The Bertz CT molecular complexity index is 952. The molecule has 1 amide bonds. The highest BCUT2D eigenvalue weighted by atomic mass is 16.6. The number of esters is 1. The minimum atomic E-state index is -0.500. The van der Waals surface area contributed by atoms with Crippen molar-refractivity contribution >= 4 is 17.6 Å². The number of carbonyl (C=O) groups excluding carboxylic acids is 2. The van der Waals surface area contributed by atoms with Crippen LogP contribution in [-0.4, -0.2) is 31.6 Å². The molecule has 2 aromatic carbocycles. The fraction of sp³-hybridized carbons (Fsp3) is 0.364. The standard InChI is InChI=1S/C22H23NO5/c1-13-4-5-14(2)21(15(13)3)28-22(25)16-10-20(24)23(12-16)17-6-7-18-19(11-17)27-9-8-26-18/h4-7,11,16H,8-10,12H2,1-3H3/t16-/m1/s1. The van der Waals surface area contributed by atoms with E-state index in [9.17, 15) is 9.59 Å². The van der Waals surface area contributed by atoms with Crippen molar-refractivity contribution in [2.45, 2.75) is 27.2 Å². The Balaban J connectivity index is 1.50. The van der Waals surface area contributed by atoms with Gasteiger partial charge in [0, 0.05) is 24.7 Å². The van der Waals surface area contributed by atoms with Gasteiger partial charge in [0.2, 0.25) is 5.91 Å². The van der Waals surface area contributed by atoms with Crippen molar-refractivity contribution in [2.75, 3.05) is 24.7 Å². The van der Waals surface area contributed by atoms with E-state index in [-0.39, 0.29) is 18.3 Å². The Hall–Kier alpha value is -3.02. The van der Waals surface area contributed by atoms with Gasteiger partial charge >= 0.3 is 5.97 Å². The molecule has 0 unspecified atom stereocenters. The summed E-state index contributed by atoms with van der Waals surface area (Å²) in [6, 6.07) is 9.34. The molecule has 2 aliphatic heterocycles. The molecule has 6 nitrogen and oxygen atoms in total. The van der Waals surface area contributed by atoms with E-state index in [1.54, 1.807) is 17.0 Å². The van der Waals surface area contributed by atoms with E-state index in [1.165, 1.54) is 0 Å². The summed E-state index contributed by atoms with van der Waals surface area (Å²) >= 11 is 0. The van der Waals surface area contributed by atoms with Gasteiger partial charge in [-0.3, -0.25) is 9.59 Å². The van der Waals surface area contributed by atoms with Gasteiger partial charge in [0.25, 0.3) is 0 Å².